The van der Waals surface area contributed by atoms with Crippen molar-refractivity contribution in [1.29, 1.82) is 0 Å². The Labute approximate surface area is 219 Å². The van der Waals surface area contributed by atoms with E-state index >= 15 is 0 Å². The second-order valence-corrected chi connectivity index (χ2v) is 9.70. The van der Waals surface area contributed by atoms with Gasteiger partial charge in [-0.15, -0.1) is 5.10 Å². The van der Waals surface area contributed by atoms with Gasteiger partial charge in [0.15, 0.2) is 16.7 Å². The van der Waals surface area contributed by atoms with Crippen LogP contribution in [0.2, 0.25) is 0 Å². The van der Waals surface area contributed by atoms with Gasteiger partial charge in [-0.3, -0.25) is 14.5 Å². The molecule has 1 aliphatic heterocycles. The quantitative estimate of drug-likeness (QED) is 0.279. The number of carbonyl (C=O) groups is 2. The van der Waals surface area contributed by atoms with E-state index in [1.165, 1.54) is 36.4 Å². The number of nitrogens with one attached hydrogen (secondary N) is 1. The summed E-state index contributed by atoms with van der Waals surface area (Å²) in [4.78, 5) is 27.3. The number of thioether (sulfide) groups is 1. The number of nitrogens with zero attached hydrogens (tertiary/aromatic N) is 3. The number of anilines is 2. The maximum Gasteiger partial charge on any atom is 0.247 e. The van der Waals surface area contributed by atoms with Gasteiger partial charge in [-0.2, -0.15) is 5.10 Å². The summed E-state index contributed by atoms with van der Waals surface area (Å²) in [5.41, 5.74) is 1.74. The summed E-state index contributed by atoms with van der Waals surface area (Å²) in [7, 11) is 1.44. The predicted molar refractivity (Wildman–Crippen MR) is 144 cm³/mol. The zero-order valence-corrected chi connectivity index (χ0v) is 21.4. The Morgan fingerprint density at radius 3 is 2.56 bits per heavy atom. The molecule has 11 heteroatoms. The highest BCUT2D eigenvalue weighted by Gasteiger charge is 2.40. The number of rotatable bonds is 7. The van der Waals surface area contributed by atoms with Crippen LogP contribution in [0.5, 0.6) is 17.2 Å². The first kappa shape index (κ1) is 25.3. The maximum atomic E-state index is 13.3. The van der Waals surface area contributed by atoms with Gasteiger partial charge >= 0.3 is 0 Å². The Hall–Kier alpha value is -3.83. The molecule has 1 saturated heterocycles. The number of amides is 2. The van der Waals surface area contributed by atoms with E-state index < -0.39 is 5.25 Å². The van der Waals surface area contributed by atoms with E-state index in [-0.39, 0.29) is 34.9 Å². The summed E-state index contributed by atoms with van der Waals surface area (Å²) in [6.07, 6.45) is 1.40. The predicted octanol–water partition coefficient (Wildman–Crippen LogP) is 4.74. The minimum absolute atomic E-state index is 0.000620. The number of halogens is 1. The van der Waals surface area contributed by atoms with Crippen molar-refractivity contribution >= 4 is 62.3 Å². The first-order valence-corrected chi connectivity index (χ1v) is 12.3. The molecule has 1 atom stereocenters. The number of ether oxygens (including phenoxy) is 1. The summed E-state index contributed by atoms with van der Waals surface area (Å²) in [6.45, 7) is 0. The van der Waals surface area contributed by atoms with Crippen LogP contribution in [0.4, 0.5) is 11.4 Å². The van der Waals surface area contributed by atoms with Crippen molar-refractivity contribution in [3.8, 4) is 17.2 Å². The first-order chi connectivity index (χ1) is 17.3. The Morgan fingerprint density at radius 2 is 1.86 bits per heavy atom. The fraction of sp³-hybridized carbons (Fsp3) is 0.120. The molecular weight excluding hydrogens is 548 g/mol. The van der Waals surface area contributed by atoms with Crippen molar-refractivity contribution in [3.05, 3.63) is 76.8 Å². The summed E-state index contributed by atoms with van der Waals surface area (Å²) in [6, 6.07) is 17.9. The van der Waals surface area contributed by atoms with Gasteiger partial charge in [-0.25, -0.2) is 0 Å². The zero-order valence-electron chi connectivity index (χ0n) is 19.0. The first-order valence-electron chi connectivity index (χ1n) is 10.7. The average molecular weight is 569 g/mol. The molecule has 36 heavy (non-hydrogen) atoms. The van der Waals surface area contributed by atoms with E-state index in [4.69, 9.17) is 4.74 Å². The highest BCUT2D eigenvalue weighted by Crippen LogP contribution is 2.35. The molecule has 0 bridgehead atoms. The number of benzene rings is 3. The number of carbonyl (C=O) groups excluding carboxylic acids is 2. The SMILES string of the molecule is COc1cc(/C=N/N=C2/SC(CC(=O)Nc3ccc(Br)cc3)C(=O)N2c2ccc(O)cc2)ccc1O. The van der Waals surface area contributed by atoms with Crippen LogP contribution in [0.25, 0.3) is 0 Å². The molecule has 184 valence electrons. The standard InChI is InChI=1S/C25H21BrN4O5S/c1-35-21-12-15(2-11-20(21)32)14-27-29-25-30(18-7-9-19(31)10-8-18)24(34)22(36-25)13-23(33)28-17-5-3-16(26)4-6-17/h2-12,14,22,31-32H,13H2,1H3,(H,28,33)/b27-14+,29-25+. The van der Waals surface area contributed by atoms with E-state index in [1.54, 1.807) is 36.4 Å². The highest BCUT2D eigenvalue weighted by atomic mass is 79.9. The second-order valence-electron chi connectivity index (χ2n) is 7.61. The van der Waals surface area contributed by atoms with Gasteiger partial charge in [-0.05, 0) is 72.3 Å². The molecule has 3 aromatic rings. The van der Waals surface area contributed by atoms with Crippen LogP contribution >= 0.6 is 27.7 Å². The van der Waals surface area contributed by atoms with Crippen molar-refractivity contribution in [1.82, 2.24) is 0 Å². The van der Waals surface area contributed by atoms with E-state index in [0.29, 0.717) is 22.7 Å². The Balaban J connectivity index is 1.55. The van der Waals surface area contributed by atoms with Gasteiger partial charge in [0.05, 0.1) is 19.0 Å². The zero-order chi connectivity index (χ0) is 25.7. The molecule has 1 fully saturated rings. The van der Waals surface area contributed by atoms with Crippen LogP contribution in [0.3, 0.4) is 0 Å². The molecule has 0 radical (unpaired) electrons. The molecule has 3 N–H and O–H groups in total. The van der Waals surface area contributed by atoms with Crippen molar-refractivity contribution < 1.29 is 24.5 Å². The van der Waals surface area contributed by atoms with Gasteiger partial charge < -0.3 is 20.3 Å². The molecule has 4 rings (SSSR count). The molecule has 3 aromatic carbocycles. The van der Waals surface area contributed by atoms with E-state index in [0.717, 1.165) is 16.2 Å². The summed E-state index contributed by atoms with van der Waals surface area (Å²) < 4.78 is 5.99. The molecule has 0 aliphatic carbocycles. The van der Waals surface area contributed by atoms with Crippen molar-refractivity contribution in [2.45, 2.75) is 11.7 Å². The molecule has 0 saturated carbocycles. The third-order valence-corrected chi connectivity index (χ3v) is 6.75. The van der Waals surface area contributed by atoms with Crippen LogP contribution in [-0.4, -0.2) is 45.8 Å². The van der Waals surface area contributed by atoms with Crippen molar-refractivity contribution in [2.75, 3.05) is 17.3 Å². The topological polar surface area (TPSA) is 124 Å². The largest absolute Gasteiger partial charge is 0.508 e. The minimum atomic E-state index is -0.711. The monoisotopic (exact) mass is 568 g/mol. The number of methoxy groups -OCH3 is 1. The summed E-state index contributed by atoms with van der Waals surface area (Å²) in [5.74, 6) is -0.284. The van der Waals surface area contributed by atoms with Crippen LogP contribution in [0.1, 0.15) is 12.0 Å². The molecular formula is C25H21BrN4O5S. The molecule has 0 aromatic heterocycles. The Bertz CT molecular complexity index is 1330. The summed E-state index contributed by atoms with van der Waals surface area (Å²) in [5, 5.41) is 30.1. The van der Waals surface area contributed by atoms with Gasteiger partial charge in [0.2, 0.25) is 11.8 Å². The van der Waals surface area contributed by atoms with Crippen LogP contribution in [-0.2, 0) is 9.59 Å². The fourth-order valence-corrected chi connectivity index (χ4v) is 4.69. The van der Waals surface area contributed by atoms with Gasteiger partial charge in [0.1, 0.15) is 11.0 Å². The molecule has 1 unspecified atom stereocenters. The molecule has 0 spiro atoms. The van der Waals surface area contributed by atoms with E-state index in [2.05, 4.69) is 31.4 Å². The normalized spacial score (nSPS) is 16.6. The van der Waals surface area contributed by atoms with Crippen molar-refractivity contribution in [3.63, 3.8) is 0 Å². The van der Waals surface area contributed by atoms with Crippen LogP contribution < -0.4 is 15.0 Å². The highest BCUT2D eigenvalue weighted by molar-refractivity contribution is 9.10. The molecule has 1 aliphatic rings. The third-order valence-electron chi connectivity index (χ3n) is 5.10. The number of phenols is 2. The van der Waals surface area contributed by atoms with E-state index in [9.17, 15) is 19.8 Å². The smallest absolute Gasteiger partial charge is 0.247 e. The minimum Gasteiger partial charge on any atom is -0.508 e. The number of hydrogen-bond donors (Lipinski definition) is 3. The molecule has 9 nitrogen and oxygen atoms in total. The van der Waals surface area contributed by atoms with Crippen LogP contribution in [0.15, 0.2) is 81.4 Å². The Kier molecular flexibility index (Phi) is 7.91. The van der Waals surface area contributed by atoms with Gasteiger partial charge in [0, 0.05) is 16.6 Å². The van der Waals surface area contributed by atoms with Gasteiger partial charge in [-0.1, -0.05) is 27.7 Å². The lowest BCUT2D eigenvalue weighted by atomic mass is 10.2. The average Bonchev–Trinajstić information content (AvgIpc) is 3.16. The molecule has 1 heterocycles. The number of amidine groups is 1. The maximum absolute atomic E-state index is 13.3. The lowest BCUT2D eigenvalue weighted by Crippen LogP contribution is -2.33. The third kappa shape index (κ3) is 6.04. The summed E-state index contributed by atoms with van der Waals surface area (Å²) >= 11 is 4.48. The fourth-order valence-electron chi connectivity index (χ4n) is 3.34. The number of aromatic hydroxyl groups is 2. The van der Waals surface area contributed by atoms with Crippen molar-refractivity contribution in [2.24, 2.45) is 10.2 Å². The van der Waals surface area contributed by atoms with Gasteiger partial charge in [0.25, 0.3) is 0 Å². The second kappa shape index (κ2) is 11.3. The Morgan fingerprint density at radius 1 is 1.14 bits per heavy atom. The van der Waals surface area contributed by atoms with E-state index in [1.807, 2.05) is 12.1 Å². The lowest BCUT2D eigenvalue weighted by Gasteiger charge is -2.16. The molecule has 2 amide bonds. The number of phenolic OH excluding ortho intramolecular Hbond substituents is 2. The van der Waals surface area contributed by atoms with Crippen LogP contribution in [0, 0.1) is 0 Å². The lowest BCUT2D eigenvalue weighted by molar-refractivity contribution is -0.121. The number of hydrogen-bond acceptors (Lipinski definition) is 8.